The molecule has 4 rings (SSSR count). The maximum atomic E-state index is 6.42. The van der Waals surface area contributed by atoms with Crippen LogP contribution in [0.1, 0.15) is 24.0 Å². The van der Waals surface area contributed by atoms with E-state index in [1.807, 2.05) is 18.2 Å². The van der Waals surface area contributed by atoms with E-state index >= 15 is 0 Å². The Bertz CT molecular complexity index is 918. The molecule has 1 aliphatic heterocycles. The van der Waals surface area contributed by atoms with Gasteiger partial charge in [-0.05, 0) is 0 Å². The van der Waals surface area contributed by atoms with Crippen LogP contribution in [0, 0.1) is 0 Å². The van der Waals surface area contributed by atoms with Crippen molar-refractivity contribution in [1.29, 1.82) is 0 Å². The van der Waals surface area contributed by atoms with E-state index in [2.05, 4.69) is 73.7 Å². The molecule has 0 amide bonds. The van der Waals surface area contributed by atoms with Crippen molar-refractivity contribution in [3.05, 3.63) is 101 Å². The van der Waals surface area contributed by atoms with Gasteiger partial charge in [-0.25, -0.2) is 0 Å². The number of rotatable bonds is 5. The molecule has 1 heterocycles. The van der Waals surface area contributed by atoms with Crippen LogP contribution in [0.25, 0.3) is 5.76 Å². The molecule has 0 radical (unpaired) electrons. The molecule has 0 N–H and O–H groups in total. The fourth-order valence-corrected chi connectivity index (χ4v) is 6.07. The summed E-state index contributed by atoms with van der Waals surface area (Å²) in [4.78, 5) is 0. The molecular weight excluding hydrogens is 399 g/mol. The van der Waals surface area contributed by atoms with E-state index in [1.54, 1.807) is 7.11 Å². The fraction of sp³-hybridized carbons (Fsp3) is 0.167. The second kappa shape index (κ2) is 8.04. The minimum atomic E-state index is 0.106. The normalized spacial score (nSPS) is 19.0. The molecule has 0 fully saturated rings. The predicted octanol–water partition coefficient (Wildman–Crippen LogP) is 4.60. The topological polar surface area (TPSA) is 18.5 Å². The second-order valence-corrected chi connectivity index (χ2v) is 8.89. The average molecular weight is 421 g/mol. The zero-order valence-corrected chi connectivity index (χ0v) is 17.2. The van der Waals surface area contributed by atoms with Crippen LogP contribution < -0.4 is 9.20 Å². The van der Waals surface area contributed by atoms with Crippen molar-refractivity contribution >= 4 is 25.2 Å². The van der Waals surface area contributed by atoms with Gasteiger partial charge < -0.3 is 0 Å². The summed E-state index contributed by atoms with van der Waals surface area (Å²) in [6, 6.07) is 29.6. The first-order chi connectivity index (χ1) is 13.3. The van der Waals surface area contributed by atoms with Crippen molar-refractivity contribution < 1.29 is 9.47 Å². The molecule has 0 aromatic heterocycles. The summed E-state index contributed by atoms with van der Waals surface area (Å²) in [5.74, 6) is 2.19. The Kier molecular flexibility index (Phi) is 5.33. The summed E-state index contributed by atoms with van der Waals surface area (Å²) < 4.78 is 14.5. The van der Waals surface area contributed by atoms with Gasteiger partial charge in [0.15, 0.2) is 0 Å². The van der Waals surface area contributed by atoms with Crippen LogP contribution in [0.15, 0.2) is 89.4 Å². The Morgan fingerprint density at radius 2 is 1.44 bits per heavy atom. The molecule has 1 aliphatic rings. The van der Waals surface area contributed by atoms with Crippen molar-refractivity contribution in [2.45, 2.75) is 18.9 Å². The van der Waals surface area contributed by atoms with Gasteiger partial charge in [-0.3, -0.25) is 0 Å². The predicted molar refractivity (Wildman–Crippen MR) is 111 cm³/mol. The third-order valence-corrected chi connectivity index (χ3v) is 7.21. The fourth-order valence-electron chi connectivity index (χ4n) is 3.43. The van der Waals surface area contributed by atoms with Crippen molar-refractivity contribution in [3.63, 3.8) is 0 Å². The van der Waals surface area contributed by atoms with Gasteiger partial charge in [0.2, 0.25) is 0 Å². The third kappa shape index (κ3) is 3.80. The van der Waals surface area contributed by atoms with E-state index in [4.69, 9.17) is 9.47 Å². The summed E-state index contributed by atoms with van der Waals surface area (Å²) in [6.45, 7) is 2.17. The van der Waals surface area contributed by atoms with Crippen molar-refractivity contribution in [2.75, 3.05) is 7.11 Å². The van der Waals surface area contributed by atoms with Gasteiger partial charge in [0, 0.05) is 0 Å². The van der Waals surface area contributed by atoms with E-state index in [0.29, 0.717) is 0 Å². The van der Waals surface area contributed by atoms with Gasteiger partial charge in [0.05, 0.1) is 0 Å². The van der Waals surface area contributed by atoms with Crippen LogP contribution in [0.4, 0.5) is 0 Å². The van der Waals surface area contributed by atoms with Crippen LogP contribution in [0.3, 0.4) is 0 Å². The Hall–Kier alpha value is -2.48. The molecule has 3 aromatic rings. The Labute approximate surface area is 167 Å². The van der Waals surface area contributed by atoms with Gasteiger partial charge in [0.25, 0.3) is 0 Å². The molecule has 0 spiro atoms. The summed E-state index contributed by atoms with van der Waals surface area (Å²) in [6.07, 6.45) is 0.106. The molecule has 0 bridgehead atoms. The summed E-state index contributed by atoms with van der Waals surface area (Å²) in [7, 11) is 1.70. The SMILES string of the molecule is COc1ccc([C@@H]2C([Se]c3ccccc3)=C(c3ccccc3)O[C@H]2C)cc1. The van der Waals surface area contributed by atoms with Crippen LogP contribution >= 0.6 is 0 Å². The molecule has 2 nitrogen and oxygen atoms in total. The number of ether oxygens (including phenoxy) is 2. The van der Waals surface area contributed by atoms with Gasteiger partial charge >= 0.3 is 167 Å². The van der Waals surface area contributed by atoms with Gasteiger partial charge in [0.1, 0.15) is 0 Å². The standard InChI is InChI=1S/C24H22O2Se/c1-17-22(18-13-15-20(25-2)16-14-18)24(27-21-11-7-4-8-12-21)23(26-17)19-9-5-3-6-10-19/h3-17,22H,1-2H3/t17-,22+/m0/s1. The number of hydrogen-bond acceptors (Lipinski definition) is 2. The van der Waals surface area contributed by atoms with Gasteiger partial charge in [-0.2, -0.15) is 0 Å². The first-order valence-electron chi connectivity index (χ1n) is 9.09. The molecule has 2 atom stereocenters. The van der Waals surface area contributed by atoms with Crippen LogP contribution in [-0.2, 0) is 4.74 Å². The van der Waals surface area contributed by atoms with Crippen molar-refractivity contribution in [3.8, 4) is 5.75 Å². The Morgan fingerprint density at radius 1 is 0.815 bits per heavy atom. The summed E-state index contributed by atoms with van der Waals surface area (Å²) >= 11 is 0.196. The van der Waals surface area contributed by atoms with E-state index in [-0.39, 0.29) is 27.0 Å². The van der Waals surface area contributed by atoms with Gasteiger partial charge in [-0.15, -0.1) is 0 Å². The van der Waals surface area contributed by atoms with Crippen molar-refractivity contribution in [2.24, 2.45) is 0 Å². The molecule has 0 saturated heterocycles. The summed E-state index contributed by atoms with van der Waals surface area (Å²) in [5.41, 5.74) is 2.44. The molecule has 3 heteroatoms. The Balaban J connectivity index is 1.79. The van der Waals surface area contributed by atoms with Crippen LogP contribution in [0.5, 0.6) is 5.75 Å². The number of benzene rings is 3. The van der Waals surface area contributed by atoms with Gasteiger partial charge in [-0.1, -0.05) is 0 Å². The zero-order valence-electron chi connectivity index (χ0n) is 15.5. The molecular formula is C24H22O2Se. The zero-order chi connectivity index (χ0) is 18.6. The van der Waals surface area contributed by atoms with Crippen LogP contribution in [0.2, 0.25) is 0 Å². The molecule has 27 heavy (non-hydrogen) atoms. The van der Waals surface area contributed by atoms with E-state index < -0.39 is 0 Å². The van der Waals surface area contributed by atoms with E-state index in [1.165, 1.54) is 14.5 Å². The number of methoxy groups -OCH3 is 1. The second-order valence-electron chi connectivity index (χ2n) is 6.55. The number of hydrogen-bond donors (Lipinski definition) is 0. The molecule has 0 saturated carbocycles. The van der Waals surface area contributed by atoms with E-state index in [0.717, 1.165) is 17.1 Å². The first-order valence-corrected chi connectivity index (χ1v) is 10.8. The van der Waals surface area contributed by atoms with Crippen LogP contribution in [-0.4, -0.2) is 28.2 Å². The molecule has 3 aromatic carbocycles. The third-order valence-electron chi connectivity index (χ3n) is 4.76. The molecule has 136 valence electrons. The van der Waals surface area contributed by atoms with Crippen molar-refractivity contribution in [1.82, 2.24) is 0 Å². The van der Waals surface area contributed by atoms with E-state index in [9.17, 15) is 0 Å². The molecule has 0 unspecified atom stereocenters. The Morgan fingerprint density at radius 3 is 2.07 bits per heavy atom. The molecule has 0 aliphatic carbocycles. The summed E-state index contributed by atoms with van der Waals surface area (Å²) in [5, 5.41) is 0. The average Bonchev–Trinajstić information content (AvgIpc) is 3.05. The minimum absolute atomic E-state index is 0.106. The quantitative estimate of drug-likeness (QED) is 0.561. The maximum absolute atomic E-state index is 6.42. The first kappa shape index (κ1) is 17.9. The monoisotopic (exact) mass is 422 g/mol.